The lowest BCUT2D eigenvalue weighted by atomic mass is 10.5. The Morgan fingerprint density at radius 3 is 2.00 bits per heavy atom. The molecular formula is C4H10FOP. The maximum atomic E-state index is 11.7. The molecule has 0 fully saturated rings. The Balaban J connectivity index is 2.95. The molecule has 0 N–H and O–H groups in total. The van der Waals surface area contributed by atoms with E-state index < -0.39 is 6.10 Å². The molecule has 0 aromatic rings. The summed E-state index contributed by atoms with van der Waals surface area (Å²) in [5.41, 5.74) is 0. The standard InChI is InChI=1S/C4H10FOP/c1-3(2)6-4(5)7/h3-4H,7H2,1-2H3. The van der Waals surface area contributed by atoms with Crippen LogP contribution >= 0.6 is 9.24 Å². The molecule has 0 aromatic heterocycles. The second kappa shape index (κ2) is 3.34. The lowest BCUT2D eigenvalue weighted by molar-refractivity contribution is -0.0122. The van der Waals surface area contributed by atoms with Gasteiger partial charge in [-0.25, -0.2) is 4.39 Å². The molecule has 2 unspecified atom stereocenters. The van der Waals surface area contributed by atoms with Crippen LogP contribution < -0.4 is 0 Å². The fourth-order valence-electron chi connectivity index (χ4n) is 0.260. The van der Waals surface area contributed by atoms with Crippen molar-refractivity contribution < 1.29 is 9.13 Å². The summed E-state index contributed by atoms with van der Waals surface area (Å²) >= 11 is 0. The lowest BCUT2D eigenvalue weighted by Gasteiger charge is -2.05. The molecule has 0 aromatic carbocycles. The Hall–Kier alpha value is 0.320. The molecule has 0 amide bonds. The zero-order chi connectivity index (χ0) is 5.86. The van der Waals surface area contributed by atoms with E-state index in [1.165, 1.54) is 0 Å². The molecule has 0 spiro atoms. The maximum Gasteiger partial charge on any atom is 0.211 e. The van der Waals surface area contributed by atoms with Gasteiger partial charge in [0.15, 0.2) is 0 Å². The summed E-state index contributed by atoms with van der Waals surface area (Å²) in [4.78, 5) is 0. The van der Waals surface area contributed by atoms with Gasteiger partial charge in [0.2, 0.25) is 6.10 Å². The Kier molecular flexibility index (Phi) is 3.49. The van der Waals surface area contributed by atoms with E-state index in [2.05, 4.69) is 4.74 Å². The van der Waals surface area contributed by atoms with Crippen molar-refractivity contribution in [2.45, 2.75) is 26.1 Å². The van der Waals surface area contributed by atoms with Crippen molar-refractivity contribution in [3.8, 4) is 0 Å². The fourth-order valence-corrected chi connectivity index (χ4v) is 0.574. The van der Waals surface area contributed by atoms with Crippen LogP contribution in [0.4, 0.5) is 4.39 Å². The molecule has 0 saturated heterocycles. The molecular weight excluding hydrogens is 114 g/mol. The minimum atomic E-state index is -1.21. The van der Waals surface area contributed by atoms with Gasteiger partial charge in [-0.15, -0.1) is 0 Å². The van der Waals surface area contributed by atoms with Gasteiger partial charge >= 0.3 is 0 Å². The molecule has 0 heterocycles. The SMILES string of the molecule is CC(C)OC(F)P. The quantitative estimate of drug-likeness (QED) is 0.507. The van der Waals surface area contributed by atoms with E-state index in [-0.39, 0.29) is 6.10 Å². The van der Waals surface area contributed by atoms with Gasteiger partial charge in [0, 0.05) is 0 Å². The summed E-state index contributed by atoms with van der Waals surface area (Å²) in [7, 11) is 1.91. The molecule has 3 heteroatoms. The molecule has 0 radical (unpaired) electrons. The van der Waals surface area contributed by atoms with Gasteiger partial charge in [-0.2, -0.15) is 0 Å². The third kappa shape index (κ3) is 6.32. The van der Waals surface area contributed by atoms with Gasteiger partial charge in [0.1, 0.15) is 0 Å². The van der Waals surface area contributed by atoms with E-state index >= 15 is 0 Å². The first kappa shape index (κ1) is 7.32. The van der Waals surface area contributed by atoms with Crippen molar-refractivity contribution >= 4 is 9.24 Å². The third-order valence-electron chi connectivity index (χ3n) is 0.402. The van der Waals surface area contributed by atoms with E-state index in [9.17, 15) is 4.39 Å². The van der Waals surface area contributed by atoms with Crippen LogP contribution in [0.2, 0.25) is 0 Å². The van der Waals surface area contributed by atoms with Crippen molar-refractivity contribution in [3.63, 3.8) is 0 Å². The maximum absolute atomic E-state index is 11.7. The van der Waals surface area contributed by atoms with Gasteiger partial charge in [-0.3, -0.25) is 0 Å². The highest BCUT2D eigenvalue weighted by atomic mass is 31.0. The molecule has 0 aliphatic heterocycles. The summed E-state index contributed by atoms with van der Waals surface area (Å²) < 4.78 is 16.2. The van der Waals surface area contributed by atoms with Crippen LogP contribution in [0.25, 0.3) is 0 Å². The number of rotatable bonds is 2. The van der Waals surface area contributed by atoms with Crippen molar-refractivity contribution in [1.82, 2.24) is 0 Å². The van der Waals surface area contributed by atoms with Crippen molar-refractivity contribution in [2.24, 2.45) is 0 Å². The minimum Gasteiger partial charge on any atom is -0.343 e. The zero-order valence-corrected chi connectivity index (χ0v) is 5.67. The van der Waals surface area contributed by atoms with Crippen LogP contribution in [0.15, 0.2) is 0 Å². The average molecular weight is 124 g/mol. The normalized spacial score (nSPS) is 15.0. The van der Waals surface area contributed by atoms with Crippen LogP contribution in [0.1, 0.15) is 13.8 Å². The molecule has 7 heavy (non-hydrogen) atoms. The van der Waals surface area contributed by atoms with Crippen LogP contribution in [0, 0.1) is 0 Å². The van der Waals surface area contributed by atoms with E-state index in [0.717, 1.165) is 0 Å². The summed E-state index contributed by atoms with van der Waals surface area (Å²) in [5, 5.41) is 0. The average Bonchev–Trinajstić information content (AvgIpc) is 1.27. The first-order chi connectivity index (χ1) is 3.13. The number of hydrogen-bond donors (Lipinski definition) is 0. The Labute approximate surface area is 45.4 Å². The Morgan fingerprint density at radius 2 is 2.00 bits per heavy atom. The molecule has 0 bridgehead atoms. The van der Waals surface area contributed by atoms with E-state index in [1.807, 2.05) is 9.24 Å². The third-order valence-corrected chi connectivity index (χ3v) is 0.559. The number of hydrogen-bond acceptors (Lipinski definition) is 1. The van der Waals surface area contributed by atoms with Crippen LogP contribution in [0.5, 0.6) is 0 Å². The van der Waals surface area contributed by atoms with Crippen LogP contribution in [0.3, 0.4) is 0 Å². The summed E-state index contributed by atoms with van der Waals surface area (Å²) in [6, 6.07) is 0. The number of halogens is 1. The fraction of sp³-hybridized carbons (Fsp3) is 1.00. The Bertz CT molecular complexity index is 41.0. The van der Waals surface area contributed by atoms with Crippen molar-refractivity contribution in [3.05, 3.63) is 0 Å². The summed E-state index contributed by atoms with van der Waals surface area (Å²) in [6.45, 7) is 3.58. The van der Waals surface area contributed by atoms with E-state index in [1.54, 1.807) is 13.8 Å². The molecule has 0 aliphatic rings. The molecule has 44 valence electrons. The summed E-state index contributed by atoms with van der Waals surface area (Å²) in [6.07, 6.45) is -1.23. The highest BCUT2D eigenvalue weighted by Gasteiger charge is 1.98. The van der Waals surface area contributed by atoms with Gasteiger partial charge in [-0.05, 0) is 13.8 Å². The second-order valence-corrected chi connectivity index (χ2v) is 2.06. The highest BCUT2D eigenvalue weighted by Crippen LogP contribution is 2.05. The largest absolute Gasteiger partial charge is 0.343 e. The van der Waals surface area contributed by atoms with Gasteiger partial charge in [0.25, 0.3) is 0 Å². The van der Waals surface area contributed by atoms with E-state index in [0.29, 0.717) is 0 Å². The van der Waals surface area contributed by atoms with Gasteiger partial charge < -0.3 is 4.74 Å². The van der Waals surface area contributed by atoms with Crippen LogP contribution in [-0.2, 0) is 4.74 Å². The number of alkyl halides is 1. The topological polar surface area (TPSA) is 9.23 Å². The summed E-state index contributed by atoms with van der Waals surface area (Å²) in [5.74, 6) is 0. The van der Waals surface area contributed by atoms with Crippen molar-refractivity contribution in [2.75, 3.05) is 0 Å². The van der Waals surface area contributed by atoms with Gasteiger partial charge in [-0.1, -0.05) is 9.24 Å². The molecule has 0 saturated carbocycles. The minimum absolute atomic E-state index is 0.0208. The zero-order valence-electron chi connectivity index (χ0n) is 4.52. The smallest absolute Gasteiger partial charge is 0.211 e. The van der Waals surface area contributed by atoms with Crippen LogP contribution in [-0.4, -0.2) is 12.2 Å². The first-order valence-corrected chi connectivity index (χ1v) is 2.84. The lowest BCUT2D eigenvalue weighted by Crippen LogP contribution is -2.05. The monoisotopic (exact) mass is 124 g/mol. The molecule has 0 rings (SSSR count). The van der Waals surface area contributed by atoms with Crippen molar-refractivity contribution in [1.29, 1.82) is 0 Å². The first-order valence-electron chi connectivity index (χ1n) is 2.18. The van der Waals surface area contributed by atoms with E-state index in [4.69, 9.17) is 0 Å². The number of ether oxygens (including phenoxy) is 1. The molecule has 0 aliphatic carbocycles. The molecule has 2 atom stereocenters. The molecule has 1 nitrogen and oxygen atoms in total. The van der Waals surface area contributed by atoms with Gasteiger partial charge in [0.05, 0.1) is 6.10 Å². The second-order valence-electron chi connectivity index (χ2n) is 1.54. The Morgan fingerprint density at radius 1 is 1.57 bits per heavy atom. The predicted octanol–water partition coefficient (Wildman–Crippen LogP) is 1.54. The highest BCUT2D eigenvalue weighted by molar-refractivity contribution is 7.16. The predicted molar refractivity (Wildman–Crippen MR) is 30.8 cm³/mol.